The summed E-state index contributed by atoms with van der Waals surface area (Å²) in [5.74, 6) is -0.0992. The molecule has 1 nitrogen and oxygen atoms in total. The first-order valence-corrected chi connectivity index (χ1v) is 4.05. The fourth-order valence-corrected chi connectivity index (χ4v) is 1.30. The topological polar surface area (TPSA) is 4.93 Å². The number of rotatable bonds is 1. The predicted octanol–water partition coefficient (Wildman–Crippen LogP) is 3.17. The third kappa shape index (κ3) is 2.05. The van der Waals surface area contributed by atoms with Crippen LogP contribution in [-0.2, 0) is 13.2 Å². The lowest BCUT2D eigenvalue weighted by Gasteiger charge is -2.09. The number of aryl methyl sites for hydroxylation is 1. The van der Waals surface area contributed by atoms with Gasteiger partial charge < -0.3 is 4.57 Å². The van der Waals surface area contributed by atoms with E-state index in [1.54, 1.807) is 20.9 Å². The van der Waals surface area contributed by atoms with Gasteiger partial charge in [0.05, 0.1) is 5.56 Å². The van der Waals surface area contributed by atoms with Crippen molar-refractivity contribution in [3.63, 3.8) is 0 Å². The van der Waals surface area contributed by atoms with Gasteiger partial charge in [-0.05, 0) is 11.5 Å². The van der Waals surface area contributed by atoms with Crippen LogP contribution in [0, 0.1) is 0 Å². The van der Waals surface area contributed by atoms with Gasteiger partial charge in [0.1, 0.15) is 0 Å². The number of hydrogen-bond acceptors (Lipinski definition) is 0. The van der Waals surface area contributed by atoms with Gasteiger partial charge in [-0.2, -0.15) is 13.2 Å². The molecule has 0 fully saturated rings. The third-order valence-electron chi connectivity index (χ3n) is 1.91. The van der Waals surface area contributed by atoms with Gasteiger partial charge in [-0.3, -0.25) is 0 Å². The quantitative estimate of drug-likeness (QED) is 0.642. The third-order valence-corrected chi connectivity index (χ3v) is 1.91. The molecule has 0 radical (unpaired) electrons. The molecule has 1 heterocycles. The van der Waals surface area contributed by atoms with E-state index < -0.39 is 11.7 Å². The van der Waals surface area contributed by atoms with Crippen LogP contribution in [0.5, 0.6) is 0 Å². The molecule has 0 aliphatic carbocycles. The van der Waals surface area contributed by atoms with Crippen LogP contribution in [0.3, 0.4) is 0 Å². The fourth-order valence-electron chi connectivity index (χ4n) is 1.30. The Kier molecular flexibility index (Phi) is 2.41. The molecule has 74 valence electrons. The van der Waals surface area contributed by atoms with Gasteiger partial charge in [-0.1, -0.05) is 13.8 Å². The van der Waals surface area contributed by atoms with Gasteiger partial charge in [0.15, 0.2) is 0 Å². The minimum absolute atomic E-state index is 0.0992. The second-order valence-corrected chi connectivity index (χ2v) is 3.45. The maximum absolute atomic E-state index is 12.4. The highest BCUT2D eigenvalue weighted by Gasteiger charge is 2.35. The molecule has 0 amide bonds. The highest BCUT2D eigenvalue weighted by molar-refractivity contribution is 5.29. The summed E-state index contributed by atoms with van der Waals surface area (Å²) in [7, 11) is 1.60. The minimum Gasteiger partial charge on any atom is -0.356 e. The molecule has 1 aromatic rings. The second kappa shape index (κ2) is 3.09. The summed E-state index contributed by atoms with van der Waals surface area (Å²) < 4.78 is 38.7. The summed E-state index contributed by atoms with van der Waals surface area (Å²) in [6.45, 7) is 3.51. The summed E-state index contributed by atoms with van der Waals surface area (Å²) in [4.78, 5) is 0. The molecule has 0 unspecified atom stereocenters. The molecule has 0 spiro atoms. The van der Waals surface area contributed by atoms with E-state index in [2.05, 4.69) is 0 Å². The number of hydrogen-bond donors (Lipinski definition) is 0. The van der Waals surface area contributed by atoms with Crippen molar-refractivity contribution >= 4 is 0 Å². The van der Waals surface area contributed by atoms with Crippen molar-refractivity contribution in [3.05, 3.63) is 23.5 Å². The molecule has 0 bridgehead atoms. The minimum atomic E-state index is -4.24. The summed E-state index contributed by atoms with van der Waals surface area (Å²) >= 11 is 0. The van der Waals surface area contributed by atoms with Crippen LogP contribution in [0.15, 0.2) is 12.4 Å². The molecule has 0 aliphatic heterocycles. The summed E-state index contributed by atoms with van der Waals surface area (Å²) in [6, 6.07) is 0. The molecule has 4 heteroatoms. The lowest BCUT2D eigenvalue weighted by molar-refractivity contribution is -0.138. The molecule has 1 rings (SSSR count). The standard InChI is InChI=1S/C9H12F3N/c1-6(2)7-4-13(3)5-8(7)9(10,11)12/h4-6H,1-3H3. The van der Waals surface area contributed by atoms with Crippen LogP contribution in [-0.4, -0.2) is 4.57 Å². The van der Waals surface area contributed by atoms with Gasteiger partial charge in [0, 0.05) is 19.4 Å². The smallest absolute Gasteiger partial charge is 0.356 e. The molecule has 0 saturated heterocycles. The zero-order valence-corrected chi connectivity index (χ0v) is 7.81. The Balaban J connectivity index is 3.20. The van der Waals surface area contributed by atoms with Gasteiger partial charge in [0.25, 0.3) is 0 Å². The molecule has 0 aromatic carbocycles. The highest BCUT2D eigenvalue weighted by atomic mass is 19.4. The van der Waals surface area contributed by atoms with Crippen molar-refractivity contribution in [3.8, 4) is 0 Å². The molecule has 0 N–H and O–H groups in total. The largest absolute Gasteiger partial charge is 0.418 e. The van der Waals surface area contributed by atoms with Gasteiger partial charge in [0.2, 0.25) is 0 Å². The molecule has 1 aromatic heterocycles. The molecular weight excluding hydrogens is 179 g/mol. The monoisotopic (exact) mass is 191 g/mol. The number of aromatic nitrogens is 1. The van der Waals surface area contributed by atoms with Gasteiger partial charge >= 0.3 is 6.18 Å². The van der Waals surface area contributed by atoms with Crippen LogP contribution in [0.1, 0.15) is 30.9 Å². The Labute approximate surface area is 75.2 Å². The van der Waals surface area contributed by atoms with E-state index in [-0.39, 0.29) is 5.92 Å². The number of nitrogens with zero attached hydrogens (tertiary/aromatic N) is 1. The summed E-state index contributed by atoms with van der Waals surface area (Å²) in [6.07, 6.45) is -1.59. The van der Waals surface area contributed by atoms with E-state index in [4.69, 9.17) is 0 Å². The van der Waals surface area contributed by atoms with Crippen molar-refractivity contribution in [1.82, 2.24) is 4.57 Å². The van der Waals surface area contributed by atoms with Crippen molar-refractivity contribution in [2.75, 3.05) is 0 Å². The van der Waals surface area contributed by atoms with Crippen molar-refractivity contribution in [2.45, 2.75) is 25.9 Å². The zero-order chi connectivity index (χ0) is 10.2. The molecule has 13 heavy (non-hydrogen) atoms. The highest BCUT2D eigenvalue weighted by Crippen LogP contribution is 2.35. The van der Waals surface area contributed by atoms with Crippen LogP contribution in [0.2, 0.25) is 0 Å². The fraction of sp³-hybridized carbons (Fsp3) is 0.556. The number of alkyl halides is 3. The SMILES string of the molecule is CC(C)c1cn(C)cc1C(F)(F)F. The van der Waals surface area contributed by atoms with E-state index in [0.717, 1.165) is 6.20 Å². The molecule has 0 aliphatic rings. The van der Waals surface area contributed by atoms with E-state index in [1.807, 2.05) is 0 Å². The van der Waals surface area contributed by atoms with Crippen molar-refractivity contribution < 1.29 is 13.2 Å². The maximum atomic E-state index is 12.4. The first-order chi connectivity index (χ1) is 5.82. The predicted molar refractivity (Wildman–Crippen MR) is 44.5 cm³/mol. The van der Waals surface area contributed by atoms with Crippen LogP contribution < -0.4 is 0 Å². The number of halogens is 3. The lowest BCUT2D eigenvalue weighted by atomic mass is 10.0. The molecule has 0 atom stereocenters. The van der Waals surface area contributed by atoms with Gasteiger partial charge in [-0.25, -0.2) is 0 Å². The lowest BCUT2D eigenvalue weighted by Crippen LogP contribution is -2.07. The Morgan fingerprint density at radius 2 is 1.77 bits per heavy atom. The van der Waals surface area contributed by atoms with Crippen LogP contribution >= 0.6 is 0 Å². The summed E-state index contributed by atoms with van der Waals surface area (Å²) in [5, 5.41) is 0. The van der Waals surface area contributed by atoms with E-state index in [1.165, 1.54) is 10.8 Å². The first-order valence-electron chi connectivity index (χ1n) is 4.05. The normalized spacial score (nSPS) is 12.5. The van der Waals surface area contributed by atoms with Crippen LogP contribution in [0.4, 0.5) is 13.2 Å². The Morgan fingerprint density at radius 1 is 1.23 bits per heavy atom. The first kappa shape index (κ1) is 10.2. The Morgan fingerprint density at radius 3 is 2.08 bits per heavy atom. The molecular formula is C9H12F3N. The van der Waals surface area contributed by atoms with Gasteiger partial charge in [-0.15, -0.1) is 0 Å². The average Bonchev–Trinajstić information content (AvgIpc) is 2.29. The van der Waals surface area contributed by atoms with Crippen molar-refractivity contribution in [1.29, 1.82) is 0 Å². The Hall–Kier alpha value is -0.930. The molecule has 0 saturated carbocycles. The average molecular weight is 191 g/mol. The summed E-state index contributed by atoms with van der Waals surface area (Å²) in [5.41, 5.74) is -0.167. The van der Waals surface area contributed by atoms with Crippen LogP contribution in [0.25, 0.3) is 0 Å². The maximum Gasteiger partial charge on any atom is 0.418 e. The van der Waals surface area contributed by atoms with E-state index in [9.17, 15) is 13.2 Å². The van der Waals surface area contributed by atoms with E-state index >= 15 is 0 Å². The second-order valence-electron chi connectivity index (χ2n) is 3.45. The van der Waals surface area contributed by atoms with E-state index in [0.29, 0.717) is 5.56 Å². The Bertz CT molecular complexity index is 296. The van der Waals surface area contributed by atoms with Crippen molar-refractivity contribution in [2.24, 2.45) is 7.05 Å². The zero-order valence-electron chi connectivity index (χ0n) is 7.81.